The Morgan fingerprint density at radius 3 is 2.69 bits per heavy atom. The maximum atomic E-state index is 13.7. The first-order valence-electron chi connectivity index (χ1n) is 9.66. The normalized spacial score (nSPS) is 21.9. The standard InChI is InChI=1S/C20H22F2N6O/c1-14-10-25-28(12-14)17-2-5-24-11-18(17)26-6-3-15(4-7-26)19(29)27-13-20(21,22)8-16(27)9-23/h2,5,10-12,15-16H,3-4,6-8,13H2,1H3. The largest absolute Gasteiger partial charge is 0.368 e. The zero-order valence-electron chi connectivity index (χ0n) is 16.1. The highest BCUT2D eigenvalue weighted by atomic mass is 19.3. The summed E-state index contributed by atoms with van der Waals surface area (Å²) in [7, 11) is 0. The van der Waals surface area contributed by atoms with Crippen LogP contribution in [0, 0.1) is 24.2 Å². The van der Waals surface area contributed by atoms with Crippen molar-refractivity contribution < 1.29 is 13.6 Å². The fourth-order valence-corrected chi connectivity index (χ4v) is 4.13. The predicted molar refractivity (Wildman–Crippen MR) is 102 cm³/mol. The van der Waals surface area contributed by atoms with Crippen molar-refractivity contribution in [2.45, 2.75) is 38.2 Å². The molecule has 2 aromatic rings. The van der Waals surface area contributed by atoms with Gasteiger partial charge in [-0.25, -0.2) is 13.5 Å². The van der Waals surface area contributed by atoms with E-state index in [1.165, 1.54) is 0 Å². The number of amides is 1. The van der Waals surface area contributed by atoms with Crippen LogP contribution in [-0.4, -0.2) is 57.2 Å². The molecule has 2 fully saturated rings. The van der Waals surface area contributed by atoms with E-state index in [4.69, 9.17) is 5.26 Å². The summed E-state index contributed by atoms with van der Waals surface area (Å²) in [6.07, 6.45) is 7.73. The Hall–Kier alpha value is -3.02. The molecule has 152 valence electrons. The molecule has 0 spiro atoms. The summed E-state index contributed by atoms with van der Waals surface area (Å²) in [4.78, 5) is 20.2. The molecule has 1 atom stereocenters. The van der Waals surface area contributed by atoms with Crippen molar-refractivity contribution in [1.29, 1.82) is 5.26 Å². The van der Waals surface area contributed by atoms with Crippen LogP contribution in [0.1, 0.15) is 24.8 Å². The molecule has 0 bridgehead atoms. The lowest BCUT2D eigenvalue weighted by atomic mass is 9.94. The molecule has 2 aromatic heterocycles. The lowest BCUT2D eigenvalue weighted by molar-refractivity contribution is -0.137. The molecule has 29 heavy (non-hydrogen) atoms. The van der Waals surface area contributed by atoms with Gasteiger partial charge in [-0.3, -0.25) is 9.78 Å². The van der Waals surface area contributed by atoms with E-state index in [9.17, 15) is 13.6 Å². The lowest BCUT2D eigenvalue weighted by Crippen LogP contribution is -2.44. The number of carbonyl (C=O) groups excluding carboxylic acids is 1. The van der Waals surface area contributed by atoms with Gasteiger partial charge in [0.25, 0.3) is 5.92 Å². The van der Waals surface area contributed by atoms with Gasteiger partial charge < -0.3 is 9.80 Å². The molecule has 7 nitrogen and oxygen atoms in total. The van der Waals surface area contributed by atoms with Crippen LogP contribution in [0.4, 0.5) is 14.5 Å². The van der Waals surface area contributed by atoms with E-state index in [0.29, 0.717) is 25.9 Å². The van der Waals surface area contributed by atoms with Crippen LogP contribution < -0.4 is 4.90 Å². The van der Waals surface area contributed by atoms with Crippen LogP contribution in [0.15, 0.2) is 30.9 Å². The number of aromatic nitrogens is 3. The van der Waals surface area contributed by atoms with Crippen LogP contribution in [-0.2, 0) is 4.79 Å². The molecule has 4 heterocycles. The van der Waals surface area contributed by atoms with Gasteiger partial charge in [0.2, 0.25) is 5.91 Å². The fourth-order valence-electron chi connectivity index (χ4n) is 4.13. The molecule has 4 rings (SSSR count). The van der Waals surface area contributed by atoms with Gasteiger partial charge in [-0.05, 0) is 31.4 Å². The van der Waals surface area contributed by atoms with Gasteiger partial charge >= 0.3 is 0 Å². The SMILES string of the molecule is Cc1cnn(-c2ccncc2N2CCC(C(=O)N3CC(F)(F)CC3C#N)CC2)c1. The zero-order valence-corrected chi connectivity index (χ0v) is 16.1. The number of carbonyl (C=O) groups is 1. The summed E-state index contributed by atoms with van der Waals surface area (Å²) in [6, 6.07) is 2.70. The van der Waals surface area contributed by atoms with E-state index < -0.39 is 24.9 Å². The lowest BCUT2D eigenvalue weighted by Gasteiger charge is -2.35. The highest BCUT2D eigenvalue weighted by Crippen LogP contribution is 2.35. The van der Waals surface area contributed by atoms with E-state index in [-0.39, 0.29) is 11.8 Å². The van der Waals surface area contributed by atoms with Crippen molar-refractivity contribution in [3.63, 3.8) is 0 Å². The van der Waals surface area contributed by atoms with Crippen molar-refractivity contribution in [1.82, 2.24) is 19.7 Å². The number of nitriles is 1. The molecular weight excluding hydrogens is 378 g/mol. The average Bonchev–Trinajstić information content (AvgIpc) is 3.29. The summed E-state index contributed by atoms with van der Waals surface area (Å²) in [6.45, 7) is 2.53. The Morgan fingerprint density at radius 1 is 1.28 bits per heavy atom. The first-order valence-corrected chi connectivity index (χ1v) is 9.66. The topological polar surface area (TPSA) is 78.1 Å². The van der Waals surface area contributed by atoms with Crippen LogP contribution in [0.3, 0.4) is 0 Å². The van der Waals surface area contributed by atoms with Crippen LogP contribution in [0.5, 0.6) is 0 Å². The molecule has 0 radical (unpaired) electrons. The number of anilines is 1. The number of nitrogens with zero attached hydrogens (tertiary/aromatic N) is 6. The molecule has 0 saturated carbocycles. The molecule has 2 aliphatic rings. The molecule has 0 aliphatic carbocycles. The third kappa shape index (κ3) is 3.79. The summed E-state index contributed by atoms with van der Waals surface area (Å²) in [5, 5.41) is 13.5. The summed E-state index contributed by atoms with van der Waals surface area (Å²) in [5.74, 6) is -3.66. The molecular formula is C20H22F2N6O. The van der Waals surface area contributed by atoms with E-state index in [0.717, 1.165) is 21.8 Å². The van der Waals surface area contributed by atoms with Gasteiger partial charge in [0.05, 0.1) is 36.4 Å². The van der Waals surface area contributed by atoms with Gasteiger partial charge in [0, 0.05) is 37.8 Å². The number of alkyl halides is 2. The van der Waals surface area contributed by atoms with Gasteiger partial charge in [-0.15, -0.1) is 0 Å². The minimum atomic E-state index is -2.98. The number of likely N-dealkylation sites (tertiary alicyclic amines) is 1. The second-order valence-corrected chi connectivity index (χ2v) is 7.76. The number of halogens is 2. The minimum absolute atomic E-state index is 0.331. The third-order valence-corrected chi connectivity index (χ3v) is 5.62. The molecule has 9 heteroatoms. The minimum Gasteiger partial charge on any atom is -0.368 e. The zero-order chi connectivity index (χ0) is 20.6. The maximum absolute atomic E-state index is 13.7. The first kappa shape index (κ1) is 19.3. The second-order valence-electron chi connectivity index (χ2n) is 7.76. The number of pyridine rings is 1. The summed E-state index contributed by atoms with van der Waals surface area (Å²) < 4.78 is 29.2. The molecule has 0 N–H and O–H groups in total. The molecule has 1 unspecified atom stereocenters. The van der Waals surface area contributed by atoms with Crippen molar-refractivity contribution >= 4 is 11.6 Å². The van der Waals surface area contributed by atoms with E-state index >= 15 is 0 Å². The summed E-state index contributed by atoms with van der Waals surface area (Å²) in [5.41, 5.74) is 2.87. The number of rotatable bonds is 3. The van der Waals surface area contributed by atoms with Crippen LogP contribution >= 0.6 is 0 Å². The molecule has 0 aromatic carbocycles. The van der Waals surface area contributed by atoms with Crippen molar-refractivity contribution in [2.75, 3.05) is 24.5 Å². The van der Waals surface area contributed by atoms with Crippen LogP contribution in [0.2, 0.25) is 0 Å². The van der Waals surface area contributed by atoms with Gasteiger partial charge in [-0.1, -0.05) is 0 Å². The smallest absolute Gasteiger partial charge is 0.268 e. The van der Waals surface area contributed by atoms with E-state index in [2.05, 4.69) is 15.0 Å². The van der Waals surface area contributed by atoms with Crippen LogP contribution in [0.25, 0.3) is 5.69 Å². The Labute approximate surface area is 167 Å². The highest BCUT2D eigenvalue weighted by molar-refractivity contribution is 5.80. The average molecular weight is 400 g/mol. The second kappa shape index (κ2) is 7.43. The molecule has 1 amide bonds. The third-order valence-electron chi connectivity index (χ3n) is 5.62. The van der Waals surface area contributed by atoms with E-state index in [1.54, 1.807) is 23.3 Å². The van der Waals surface area contributed by atoms with Crippen molar-refractivity contribution in [2.24, 2.45) is 5.92 Å². The monoisotopic (exact) mass is 400 g/mol. The Morgan fingerprint density at radius 2 is 2.03 bits per heavy atom. The van der Waals surface area contributed by atoms with Gasteiger partial charge in [0.15, 0.2) is 0 Å². The number of hydrogen-bond donors (Lipinski definition) is 0. The Kier molecular flexibility index (Phi) is 4.94. The summed E-state index contributed by atoms with van der Waals surface area (Å²) >= 11 is 0. The number of piperidine rings is 1. The Balaban J connectivity index is 1.46. The molecule has 2 saturated heterocycles. The van der Waals surface area contributed by atoms with E-state index in [1.807, 2.05) is 25.3 Å². The van der Waals surface area contributed by atoms with Gasteiger partial charge in [-0.2, -0.15) is 10.4 Å². The predicted octanol–water partition coefficient (Wildman–Crippen LogP) is 2.55. The number of aryl methyl sites for hydroxylation is 1. The quantitative estimate of drug-likeness (QED) is 0.791. The fraction of sp³-hybridized carbons (Fsp3) is 0.500. The Bertz CT molecular complexity index is 944. The molecule has 2 aliphatic heterocycles. The first-order chi connectivity index (χ1) is 13.9. The maximum Gasteiger partial charge on any atom is 0.268 e. The van der Waals surface area contributed by atoms with Crippen molar-refractivity contribution in [3.05, 3.63) is 36.4 Å². The van der Waals surface area contributed by atoms with Gasteiger partial charge in [0.1, 0.15) is 6.04 Å². The number of hydrogen-bond acceptors (Lipinski definition) is 5. The highest BCUT2D eigenvalue weighted by Gasteiger charge is 2.48. The van der Waals surface area contributed by atoms with Crippen molar-refractivity contribution in [3.8, 4) is 11.8 Å².